The second-order valence-electron chi connectivity index (χ2n) is 6.78. The van der Waals surface area contributed by atoms with Gasteiger partial charge in [-0.15, -0.1) is 0 Å². The predicted molar refractivity (Wildman–Crippen MR) is 107 cm³/mol. The van der Waals surface area contributed by atoms with Crippen molar-refractivity contribution in [3.05, 3.63) is 77.4 Å². The Hall–Kier alpha value is -2.81. The first-order valence-electron chi connectivity index (χ1n) is 8.93. The molecule has 0 saturated heterocycles. The standard InChI is InChI=1S/C23H25NO2/c1-15-7-5-6-8-22(15)17(3)24-23(25)16(2)18-9-10-20-14-21(26-4)12-11-19(20)13-18/h5-14,16-17H,1-4H3,(H,24,25)/t16-,17+/m1/s1. The van der Waals surface area contributed by atoms with Crippen LogP contribution < -0.4 is 10.1 Å². The third kappa shape index (κ3) is 3.72. The van der Waals surface area contributed by atoms with E-state index >= 15 is 0 Å². The van der Waals surface area contributed by atoms with Gasteiger partial charge in [0.25, 0.3) is 0 Å². The molecule has 3 nitrogen and oxygen atoms in total. The van der Waals surface area contributed by atoms with Gasteiger partial charge in [0.2, 0.25) is 5.91 Å². The number of amides is 1. The number of carbonyl (C=O) groups excluding carboxylic acids is 1. The Morgan fingerprint density at radius 2 is 1.65 bits per heavy atom. The van der Waals surface area contributed by atoms with Crippen molar-refractivity contribution in [2.45, 2.75) is 32.7 Å². The number of benzene rings is 3. The van der Waals surface area contributed by atoms with Crippen molar-refractivity contribution in [3.63, 3.8) is 0 Å². The number of hydrogen-bond acceptors (Lipinski definition) is 2. The third-order valence-electron chi connectivity index (χ3n) is 4.98. The molecule has 0 aliphatic carbocycles. The highest BCUT2D eigenvalue weighted by molar-refractivity contribution is 5.88. The summed E-state index contributed by atoms with van der Waals surface area (Å²) in [7, 11) is 1.66. The fourth-order valence-electron chi connectivity index (χ4n) is 3.28. The van der Waals surface area contributed by atoms with Gasteiger partial charge in [0, 0.05) is 0 Å². The van der Waals surface area contributed by atoms with E-state index in [-0.39, 0.29) is 17.9 Å². The van der Waals surface area contributed by atoms with Crippen LogP contribution in [0.25, 0.3) is 10.8 Å². The van der Waals surface area contributed by atoms with Crippen LogP contribution >= 0.6 is 0 Å². The van der Waals surface area contributed by atoms with Gasteiger partial charge >= 0.3 is 0 Å². The lowest BCUT2D eigenvalue weighted by Gasteiger charge is -2.20. The van der Waals surface area contributed by atoms with Gasteiger partial charge in [-0.1, -0.05) is 48.5 Å². The Kier molecular flexibility index (Phi) is 5.27. The number of ether oxygens (including phenoxy) is 1. The summed E-state index contributed by atoms with van der Waals surface area (Å²) in [5, 5.41) is 5.35. The summed E-state index contributed by atoms with van der Waals surface area (Å²) in [5.41, 5.74) is 3.35. The summed E-state index contributed by atoms with van der Waals surface area (Å²) in [6.07, 6.45) is 0. The molecule has 0 unspecified atom stereocenters. The van der Waals surface area contributed by atoms with Crippen LogP contribution in [0.2, 0.25) is 0 Å². The Morgan fingerprint density at radius 3 is 2.38 bits per heavy atom. The molecule has 3 heteroatoms. The summed E-state index contributed by atoms with van der Waals surface area (Å²) >= 11 is 0. The Balaban J connectivity index is 1.77. The molecule has 1 N–H and O–H groups in total. The Bertz CT molecular complexity index is 932. The van der Waals surface area contributed by atoms with Crippen molar-refractivity contribution in [2.24, 2.45) is 0 Å². The van der Waals surface area contributed by atoms with E-state index in [0.717, 1.165) is 27.6 Å². The van der Waals surface area contributed by atoms with Gasteiger partial charge in [-0.05, 0) is 60.4 Å². The van der Waals surface area contributed by atoms with Crippen molar-refractivity contribution in [2.75, 3.05) is 7.11 Å². The zero-order valence-electron chi connectivity index (χ0n) is 15.7. The van der Waals surface area contributed by atoms with Gasteiger partial charge < -0.3 is 10.1 Å². The summed E-state index contributed by atoms with van der Waals surface area (Å²) in [6.45, 7) is 6.04. The van der Waals surface area contributed by atoms with Crippen LogP contribution in [0.3, 0.4) is 0 Å². The molecule has 3 aromatic carbocycles. The maximum absolute atomic E-state index is 12.7. The first kappa shape index (κ1) is 18.0. The summed E-state index contributed by atoms with van der Waals surface area (Å²) < 4.78 is 5.27. The molecule has 0 radical (unpaired) electrons. The van der Waals surface area contributed by atoms with Crippen LogP contribution in [-0.2, 0) is 4.79 Å². The van der Waals surface area contributed by atoms with Crippen molar-refractivity contribution < 1.29 is 9.53 Å². The molecule has 3 aromatic rings. The van der Waals surface area contributed by atoms with E-state index < -0.39 is 0 Å². The predicted octanol–water partition coefficient (Wildman–Crippen LogP) is 5.14. The number of aryl methyl sites for hydroxylation is 1. The zero-order chi connectivity index (χ0) is 18.7. The van der Waals surface area contributed by atoms with E-state index in [9.17, 15) is 4.79 Å². The quantitative estimate of drug-likeness (QED) is 0.694. The molecular weight excluding hydrogens is 322 g/mol. The lowest BCUT2D eigenvalue weighted by molar-refractivity contribution is -0.122. The van der Waals surface area contributed by atoms with Crippen molar-refractivity contribution in [1.82, 2.24) is 5.32 Å². The zero-order valence-corrected chi connectivity index (χ0v) is 15.7. The lowest BCUT2D eigenvalue weighted by atomic mass is 9.96. The average molecular weight is 347 g/mol. The van der Waals surface area contributed by atoms with Crippen LogP contribution in [0.5, 0.6) is 5.75 Å². The molecule has 0 fully saturated rings. The maximum atomic E-state index is 12.7. The Morgan fingerprint density at radius 1 is 0.962 bits per heavy atom. The third-order valence-corrected chi connectivity index (χ3v) is 4.98. The normalized spacial score (nSPS) is 13.2. The van der Waals surface area contributed by atoms with Gasteiger partial charge in [0.15, 0.2) is 0 Å². The molecule has 134 valence electrons. The lowest BCUT2D eigenvalue weighted by Crippen LogP contribution is -2.30. The van der Waals surface area contributed by atoms with E-state index in [4.69, 9.17) is 4.74 Å². The highest BCUT2D eigenvalue weighted by Gasteiger charge is 2.19. The fourth-order valence-corrected chi connectivity index (χ4v) is 3.28. The molecule has 0 spiro atoms. The molecule has 0 saturated carbocycles. The van der Waals surface area contributed by atoms with Crippen LogP contribution in [0, 0.1) is 6.92 Å². The van der Waals surface area contributed by atoms with Crippen LogP contribution in [-0.4, -0.2) is 13.0 Å². The topological polar surface area (TPSA) is 38.3 Å². The molecule has 3 rings (SSSR count). The summed E-state index contributed by atoms with van der Waals surface area (Å²) in [4.78, 5) is 12.7. The van der Waals surface area contributed by atoms with E-state index in [1.54, 1.807) is 7.11 Å². The van der Waals surface area contributed by atoms with Crippen LogP contribution in [0.4, 0.5) is 0 Å². The van der Waals surface area contributed by atoms with Gasteiger partial charge in [-0.2, -0.15) is 0 Å². The number of hydrogen-bond donors (Lipinski definition) is 1. The van der Waals surface area contributed by atoms with Gasteiger partial charge in [0.05, 0.1) is 19.1 Å². The number of rotatable bonds is 5. The van der Waals surface area contributed by atoms with Crippen molar-refractivity contribution in [1.29, 1.82) is 0 Å². The molecule has 0 heterocycles. The maximum Gasteiger partial charge on any atom is 0.227 e. The fraction of sp³-hybridized carbons (Fsp3) is 0.261. The second kappa shape index (κ2) is 7.61. The molecule has 0 bridgehead atoms. The molecule has 0 aliphatic heterocycles. The monoisotopic (exact) mass is 347 g/mol. The first-order chi connectivity index (χ1) is 12.5. The van der Waals surface area contributed by atoms with Crippen molar-refractivity contribution >= 4 is 16.7 Å². The van der Waals surface area contributed by atoms with Gasteiger partial charge in [-0.25, -0.2) is 0 Å². The minimum absolute atomic E-state index is 0.0177. The van der Waals surface area contributed by atoms with Gasteiger partial charge in [-0.3, -0.25) is 4.79 Å². The minimum atomic E-state index is -0.215. The van der Waals surface area contributed by atoms with E-state index in [1.165, 1.54) is 5.56 Å². The number of methoxy groups -OCH3 is 1. The molecule has 1 amide bonds. The molecule has 0 aromatic heterocycles. The average Bonchev–Trinajstić information content (AvgIpc) is 2.66. The van der Waals surface area contributed by atoms with Gasteiger partial charge in [0.1, 0.15) is 5.75 Å². The Labute approximate surface area is 155 Å². The molecular formula is C23H25NO2. The number of nitrogens with one attached hydrogen (secondary N) is 1. The smallest absolute Gasteiger partial charge is 0.227 e. The first-order valence-corrected chi connectivity index (χ1v) is 8.93. The molecule has 26 heavy (non-hydrogen) atoms. The number of fused-ring (bicyclic) bond motifs is 1. The van der Waals surface area contributed by atoms with Crippen LogP contribution in [0.15, 0.2) is 60.7 Å². The van der Waals surface area contributed by atoms with Crippen molar-refractivity contribution in [3.8, 4) is 5.75 Å². The second-order valence-corrected chi connectivity index (χ2v) is 6.78. The highest BCUT2D eigenvalue weighted by atomic mass is 16.5. The summed E-state index contributed by atoms with van der Waals surface area (Å²) in [6, 6.07) is 20.2. The van der Waals surface area contributed by atoms with E-state index in [1.807, 2.05) is 56.3 Å². The highest BCUT2D eigenvalue weighted by Crippen LogP contribution is 2.26. The molecule has 0 aliphatic rings. The van der Waals surface area contributed by atoms with E-state index in [0.29, 0.717) is 0 Å². The SMILES string of the molecule is COc1ccc2cc([C@@H](C)C(=O)N[C@@H](C)c3ccccc3C)ccc2c1. The number of carbonyl (C=O) groups is 1. The minimum Gasteiger partial charge on any atom is -0.497 e. The van der Waals surface area contributed by atoms with E-state index in [2.05, 4.69) is 30.4 Å². The largest absolute Gasteiger partial charge is 0.497 e. The van der Waals surface area contributed by atoms with Crippen LogP contribution in [0.1, 0.15) is 42.5 Å². The molecule has 2 atom stereocenters. The summed E-state index contributed by atoms with van der Waals surface area (Å²) in [5.74, 6) is 0.657.